The van der Waals surface area contributed by atoms with Gasteiger partial charge in [0.15, 0.2) is 5.78 Å². The van der Waals surface area contributed by atoms with Gasteiger partial charge in [-0.05, 0) is 26.0 Å². The molecule has 1 unspecified atom stereocenters. The van der Waals surface area contributed by atoms with E-state index in [1.807, 2.05) is 0 Å². The SMILES string of the molecule is CCCCSC1=NC(C)=C(C(C)=O)[C@@H](c2ccccc2[N+](=O)[O-])C1C#N. The van der Waals surface area contributed by atoms with E-state index in [0.717, 1.165) is 18.6 Å². The molecule has 0 spiro atoms. The van der Waals surface area contributed by atoms with E-state index in [1.54, 1.807) is 25.1 Å². The number of aliphatic imine (C=N–C) groups is 1. The highest BCUT2D eigenvalue weighted by molar-refractivity contribution is 8.14. The number of nitro groups is 1. The Labute approximate surface area is 157 Å². The van der Waals surface area contributed by atoms with Crippen LogP contribution in [0.25, 0.3) is 0 Å². The number of nitro benzene ring substituents is 1. The lowest BCUT2D eigenvalue weighted by molar-refractivity contribution is -0.385. The molecule has 0 fully saturated rings. The van der Waals surface area contributed by atoms with Crippen LogP contribution in [0, 0.1) is 27.4 Å². The average molecular weight is 371 g/mol. The summed E-state index contributed by atoms with van der Waals surface area (Å²) in [4.78, 5) is 27.8. The molecule has 1 aliphatic heterocycles. The Morgan fingerprint density at radius 3 is 2.69 bits per heavy atom. The first kappa shape index (κ1) is 19.9. The predicted molar refractivity (Wildman–Crippen MR) is 103 cm³/mol. The summed E-state index contributed by atoms with van der Waals surface area (Å²) in [5.74, 6) is -0.784. The highest BCUT2D eigenvalue weighted by atomic mass is 32.2. The zero-order valence-corrected chi connectivity index (χ0v) is 15.9. The van der Waals surface area contributed by atoms with Gasteiger partial charge in [-0.15, -0.1) is 11.8 Å². The number of nitrogens with zero attached hydrogens (tertiary/aromatic N) is 3. The zero-order chi connectivity index (χ0) is 19.3. The van der Waals surface area contributed by atoms with Crippen molar-refractivity contribution in [3.05, 3.63) is 51.2 Å². The number of carbonyl (C=O) groups excluding carboxylic acids is 1. The van der Waals surface area contributed by atoms with Gasteiger partial charge in [0.25, 0.3) is 5.69 Å². The Kier molecular flexibility index (Phi) is 6.70. The molecule has 0 aliphatic carbocycles. The molecule has 2 atom stereocenters. The summed E-state index contributed by atoms with van der Waals surface area (Å²) in [6.45, 7) is 5.23. The van der Waals surface area contributed by atoms with Gasteiger partial charge in [-0.1, -0.05) is 31.5 Å². The molecular formula is C19H21N3O3S. The van der Waals surface area contributed by atoms with Gasteiger partial charge in [-0.25, -0.2) is 4.99 Å². The standard InChI is InChI=1S/C19H21N3O3S/c1-4-5-10-26-19-15(11-20)18(17(13(3)23)12(2)21-19)14-8-6-7-9-16(14)22(24)25/h6-9,15,18H,4-5,10H2,1-3H3/t15?,18-/m0/s1. The summed E-state index contributed by atoms with van der Waals surface area (Å²) in [6.07, 6.45) is 2.01. The summed E-state index contributed by atoms with van der Waals surface area (Å²) in [7, 11) is 0. The second kappa shape index (κ2) is 8.77. The molecule has 1 aromatic carbocycles. The molecule has 2 rings (SSSR count). The molecule has 7 heteroatoms. The topological polar surface area (TPSA) is 96.4 Å². The van der Waals surface area contributed by atoms with E-state index in [4.69, 9.17) is 0 Å². The third kappa shape index (κ3) is 4.02. The van der Waals surface area contributed by atoms with Crippen LogP contribution in [0.3, 0.4) is 0 Å². The molecule has 1 aliphatic rings. The number of para-hydroxylation sites is 1. The van der Waals surface area contributed by atoms with Gasteiger partial charge in [-0.2, -0.15) is 5.26 Å². The van der Waals surface area contributed by atoms with E-state index >= 15 is 0 Å². The number of benzene rings is 1. The van der Waals surface area contributed by atoms with E-state index < -0.39 is 16.8 Å². The largest absolute Gasteiger partial charge is 0.295 e. The number of unbranched alkanes of at least 4 members (excludes halogenated alkanes) is 1. The molecule has 1 heterocycles. The van der Waals surface area contributed by atoms with Crippen LogP contribution in [0.1, 0.15) is 45.1 Å². The Bertz CT molecular complexity index is 824. The van der Waals surface area contributed by atoms with Crippen molar-refractivity contribution in [1.29, 1.82) is 5.26 Å². The lowest BCUT2D eigenvalue weighted by Crippen LogP contribution is -2.28. The maximum Gasteiger partial charge on any atom is 0.273 e. The fraction of sp³-hybridized carbons (Fsp3) is 0.421. The lowest BCUT2D eigenvalue weighted by atomic mass is 9.77. The predicted octanol–water partition coefficient (Wildman–Crippen LogP) is 4.63. The summed E-state index contributed by atoms with van der Waals surface area (Å²) in [5, 5.41) is 21.9. The van der Waals surface area contributed by atoms with Crippen LogP contribution in [0.4, 0.5) is 5.69 Å². The van der Waals surface area contributed by atoms with Crippen LogP contribution in [0.2, 0.25) is 0 Å². The summed E-state index contributed by atoms with van der Waals surface area (Å²) < 4.78 is 0. The molecule has 0 N–H and O–H groups in total. The minimum Gasteiger partial charge on any atom is -0.295 e. The Hall–Kier alpha value is -2.46. The highest BCUT2D eigenvalue weighted by Gasteiger charge is 2.40. The smallest absolute Gasteiger partial charge is 0.273 e. The van der Waals surface area contributed by atoms with Crippen molar-refractivity contribution < 1.29 is 9.72 Å². The number of allylic oxidation sites excluding steroid dienone is 2. The number of hydrogen-bond donors (Lipinski definition) is 0. The van der Waals surface area contributed by atoms with Crippen molar-refractivity contribution in [2.75, 3.05) is 5.75 Å². The molecular weight excluding hydrogens is 350 g/mol. The van der Waals surface area contributed by atoms with Gasteiger partial charge in [0.2, 0.25) is 0 Å². The van der Waals surface area contributed by atoms with E-state index in [-0.39, 0.29) is 11.5 Å². The van der Waals surface area contributed by atoms with Gasteiger partial charge in [0, 0.05) is 28.8 Å². The van der Waals surface area contributed by atoms with Crippen molar-refractivity contribution in [2.45, 2.75) is 39.5 Å². The van der Waals surface area contributed by atoms with Crippen molar-refractivity contribution in [3.8, 4) is 6.07 Å². The number of hydrogen-bond acceptors (Lipinski definition) is 6. The van der Waals surface area contributed by atoms with Gasteiger partial charge in [0.05, 0.1) is 16.0 Å². The Morgan fingerprint density at radius 2 is 2.12 bits per heavy atom. The van der Waals surface area contributed by atoms with E-state index in [2.05, 4.69) is 18.0 Å². The van der Waals surface area contributed by atoms with Crippen molar-refractivity contribution in [3.63, 3.8) is 0 Å². The third-order valence-corrected chi connectivity index (χ3v) is 5.45. The minimum atomic E-state index is -0.708. The van der Waals surface area contributed by atoms with E-state index in [0.29, 0.717) is 21.9 Å². The van der Waals surface area contributed by atoms with Crippen LogP contribution in [0.15, 0.2) is 40.5 Å². The van der Waals surface area contributed by atoms with Crippen LogP contribution in [-0.4, -0.2) is 21.5 Å². The summed E-state index contributed by atoms with van der Waals surface area (Å²) in [5.41, 5.74) is 1.22. The second-order valence-corrected chi connectivity index (χ2v) is 7.22. The first-order valence-electron chi connectivity index (χ1n) is 8.48. The van der Waals surface area contributed by atoms with Crippen LogP contribution in [-0.2, 0) is 4.79 Å². The van der Waals surface area contributed by atoms with E-state index in [9.17, 15) is 20.2 Å². The van der Waals surface area contributed by atoms with Crippen molar-refractivity contribution in [1.82, 2.24) is 0 Å². The molecule has 0 aromatic heterocycles. The molecule has 0 bridgehead atoms. The number of nitriles is 1. The average Bonchev–Trinajstić information content (AvgIpc) is 2.61. The highest BCUT2D eigenvalue weighted by Crippen LogP contribution is 2.44. The third-order valence-electron chi connectivity index (χ3n) is 4.31. The molecule has 0 saturated heterocycles. The van der Waals surface area contributed by atoms with Crippen LogP contribution < -0.4 is 0 Å². The van der Waals surface area contributed by atoms with Gasteiger partial charge >= 0.3 is 0 Å². The molecule has 26 heavy (non-hydrogen) atoms. The summed E-state index contributed by atoms with van der Waals surface area (Å²) >= 11 is 1.50. The van der Waals surface area contributed by atoms with E-state index in [1.165, 1.54) is 24.8 Å². The molecule has 6 nitrogen and oxygen atoms in total. The number of carbonyl (C=O) groups is 1. The maximum absolute atomic E-state index is 12.3. The minimum absolute atomic E-state index is 0.0795. The Balaban J connectivity index is 2.61. The molecule has 136 valence electrons. The zero-order valence-electron chi connectivity index (χ0n) is 15.1. The molecule has 1 aromatic rings. The quantitative estimate of drug-likeness (QED) is 0.413. The number of thioether (sulfide) groups is 1. The first-order chi connectivity index (χ1) is 12.4. The van der Waals surface area contributed by atoms with Crippen molar-refractivity contribution in [2.24, 2.45) is 10.9 Å². The second-order valence-electron chi connectivity index (χ2n) is 6.11. The fourth-order valence-electron chi connectivity index (χ4n) is 3.13. The van der Waals surface area contributed by atoms with Crippen LogP contribution >= 0.6 is 11.8 Å². The maximum atomic E-state index is 12.3. The normalized spacial score (nSPS) is 19.7. The molecule has 0 radical (unpaired) electrons. The summed E-state index contributed by atoms with van der Waals surface area (Å²) in [6, 6.07) is 8.56. The lowest BCUT2D eigenvalue weighted by Gasteiger charge is -2.29. The number of Topliss-reactive ketones (excluding diaryl/α,β-unsaturated/α-hetero) is 1. The fourth-order valence-corrected chi connectivity index (χ4v) is 4.34. The Morgan fingerprint density at radius 1 is 1.42 bits per heavy atom. The van der Waals surface area contributed by atoms with Gasteiger partial charge < -0.3 is 0 Å². The van der Waals surface area contributed by atoms with Crippen molar-refractivity contribution >= 4 is 28.3 Å². The number of rotatable bonds is 6. The molecule has 0 amide bonds. The van der Waals surface area contributed by atoms with Gasteiger partial charge in [0.1, 0.15) is 5.92 Å². The molecule has 0 saturated carbocycles. The monoisotopic (exact) mass is 371 g/mol. The van der Waals surface area contributed by atoms with Gasteiger partial charge in [-0.3, -0.25) is 14.9 Å². The first-order valence-corrected chi connectivity index (χ1v) is 9.46. The number of ketones is 1. The van der Waals surface area contributed by atoms with Crippen LogP contribution in [0.5, 0.6) is 0 Å².